The van der Waals surface area contributed by atoms with Gasteiger partial charge in [0.05, 0.1) is 11.0 Å². The largest absolute Gasteiger partial charge is 0.327 e. The minimum absolute atomic E-state index is 1.00. The monoisotopic (exact) mass is 364 g/mol. The number of nitrogens with zero attached hydrogens (tertiary/aromatic N) is 3. The van der Waals surface area contributed by atoms with Crippen LogP contribution in [0.1, 0.15) is 5.56 Å². The molecule has 0 saturated heterocycles. The molecule has 2 heterocycles. The molecule has 0 N–H and O–H groups in total. The highest BCUT2D eigenvalue weighted by molar-refractivity contribution is 6.05. The highest BCUT2D eigenvalue weighted by Crippen LogP contribution is 2.33. The van der Waals surface area contributed by atoms with Gasteiger partial charge < -0.3 is 4.57 Å². The quantitative estimate of drug-likeness (QED) is 0.395. The lowest BCUT2D eigenvalue weighted by Crippen LogP contribution is -2.30. The third-order valence-electron chi connectivity index (χ3n) is 5.66. The molecule has 28 heavy (non-hydrogen) atoms. The van der Waals surface area contributed by atoms with Gasteiger partial charge in [0, 0.05) is 35.7 Å². The second-order valence-electron chi connectivity index (χ2n) is 7.32. The van der Waals surface area contributed by atoms with Gasteiger partial charge in [-0.2, -0.15) is 0 Å². The number of benzene rings is 3. The maximum atomic E-state index is 5.01. The molecule has 5 aromatic rings. The average molecular weight is 364 g/mol. The molecule has 2 aromatic heterocycles. The number of fused-ring (bicyclic) bond motifs is 3. The van der Waals surface area contributed by atoms with Crippen LogP contribution in [0.4, 0.5) is 0 Å². The van der Waals surface area contributed by atoms with Crippen LogP contribution < -0.4 is 4.57 Å². The molecule has 0 aliphatic heterocycles. The van der Waals surface area contributed by atoms with Crippen LogP contribution in [0.5, 0.6) is 0 Å². The lowest BCUT2D eigenvalue weighted by molar-refractivity contribution is -0.660. The molecule has 0 amide bonds. The van der Waals surface area contributed by atoms with Crippen LogP contribution in [-0.2, 0) is 14.1 Å². The van der Waals surface area contributed by atoms with Crippen LogP contribution >= 0.6 is 0 Å². The molecule has 5 rings (SSSR count). The topological polar surface area (TPSA) is 21.7 Å². The van der Waals surface area contributed by atoms with Crippen LogP contribution in [0.25, 0.3) is 44.5 Å². The van der Waals surface area contributed by atoms with Crippen molar-refractivity contribution in [2.75, 3.05) is 0 Å². The van der Waals surface area contributed by atoms with E-state index in [4.69, 9.17) is 4.98 Å². The van der Waals surface area contributed by atoms with Crippen LogP contribution in [-0.4, -0.2) is 9.55 Å². The highest BCUT2D eigenvalue weighted by Gasteiger charge is 2.18. The molecule has 0 radical (unpaired) electrons. The fourth-order valence-electron chi connectivity index (χ4n) is 4.18. The Morgan fingerprint density at radius 2 is 1.61 bits per heavy atom. The lowest BCUT2D eigenvalue weighted by Gasteiger charge is -2.10. The predicted octanol–water partition coefficient (Wildman–Crippen LogP) is 5.19. The minimum Gasteiger partial charge on any atom is -0.327 e. The van der Waals surface area contributed by atoms with Gasteiger partial charge in [0.1, 0.15) is 12.9 Å². The summed E-state index contributed by atoms with van der Waals surface area (Å²) in [5.74, 6) is 1.00. The van der Waals surface area contributed by atoms with E-state index in [2.05, 4.69) is 109 Å². The number of hydrogen-bond acceptors (Lipinski definition) is 1. The van der Waals surface area contributed by atoms with Crippen molar-refractivity contribution in [1.82, 2.24) is 9.55 Å². The van der Waals surface area contributed by atoms with Crippen molar-refractivity contribution >= 4 is 21.8 Å². The van der Waals surface area contributed by atoms with Crippen LogP contribution in [0.3, 0.4) is 0 Å². The molecule has 136 valence electrons. The summed E-state index contributed by atoms with van der Waals surface area (Å²) in [5.41, 5.74) is 7.06. The van der Waals surface area contributed by atoms with E-state index in [1.807, 2.05) is 0 Å². The third kappa shape index (κ3) is 2.43. The van der Waals surface area contributed by atoms with Gasteiger partial charge >= 0.3 is 0 Å². The first-order valence-corrected chi connectivity index (χ1v) is 9.54. The third-order valence-corrected chi connectivity index (χ3v) is 5.66. The molecule has 3 heteroatoms. The van der Waals surface area contributed by atoms with E-state index >= 15 is 0 Å². The molecule has 0 bridgehead atoms. The number of rotatable bonds is 2. The van der Waals surface area contributed by atoms with Crippen molar-refractivity contribution in [2.24, 2.45) is 14.1 Å². The summed E-state index contributed by atoms with van der Waals surface area (Å²) < 4.78 is 4.39. The second-order valence-corrected chi connectivity index (χ2v) is 7.32. The first-order valence-electron chi connectivity index (χ1n) is 9.54. The molecule has 0 unspecified atom stereocenters. The summed E-state index contributed by atoms with van der Waals surface area (Å²) in [6, 6.07) is 25.6. The Morgan fingerprint density at radius 3 is 2.46 bits per heavy atom. The molecule has 3 nitrogen and oxygen atoms in total. The number of pyridine rings is 1. The second kappa shape index (κ2) is 6.31. The van der Waals surface area contributed by atoms with Crippen LogP contribution in [0, 0.1) is 6.92 Å². The minimum atomic E-state index is 1.00. The van der Waals surface area contributed by atoms with E-state index in [1.165, 1.54) is 38.7 Å². The van der Waals surface area contributed by atoms with Crippen molar-refractivity contribution < 1.29 is 4.57 Å². The number of imidazole rings is 1. The van der Waals surface area contributed by atoms with Gasteiger partial charge in [-0.25, -0.2) is 9.55 Å². The zero-order chi connectivity index (χ0) is 19.3. The summed E-state index contributed by atoms with van der Waals surface area (Å²) >= 11 is 0. The Kier molecular flexibility index (Phi) is 3.76. The lowest BCUT2D eigenvalue weighted by atomic mass is 9.99. The normalized spacial score (nSPS) is 11.4. The van der Waals surface area contributed by atoms with Crippen molar-refractivity contribution in [1.29, 1.82) is 0 Å². The Bertz CT molecular complexity index is 1350. The molecule has 0 spiro atoms. The maximum absolute atomic E-state index is 5.01. The predicted molar refractivity (Wildman–Crippen MR) is 115 cm³/mol. The van der Waals surface area contributed by atoms with Gasteiger partial charge in [-0.05, 0) is 36.1 Å². The molecule has 0 saturated carbocycles. The van der Waals surface area contributed by atoms with E-state index < -0.39 is 0 Å². The highest BCUT2D eigenvalue weighted by atomic mass is 15.1. The Hall–Kier alpha value is -3.46. The SMILES string of the molecule is Cc1c(-c2nc3ccc4ccccc4c3n2C)cccc1-c1cccc[n+]1C. The van der Waals surface area contributed by atoms with Gasteiger partial charge in [-0.15, -0.1) is 0 Å². The number of aryl methyl sites for hydroxylation is 2. The molecule has 0 aliphatic carbocycles. The van der Waals surface area contributed by atoms with E-state index in [-0.39, 0.29) is 0 Å². The van der Waals surface area contributed by atoms with E-state index in [9.17, 15) is 0 Å². The molecule has 0 atom stereocenters. The fourth-order valence-corrected chi connectivity index (χ4v) is 4.18. The Balaban J connectivity index is 1.78. The molecular weight excluding hydrogens is 342 g/mol. The molecule has 0 fully saturated rings. The Labute approximate surface area is 164 Å². The van der Waals surface area contributed by atoms with Gasteiger partial charge in [-0.3, -0.25) is 0 Å². The zero-order valence-corrected chi connectivity index (χ0v) is 16.3. The number of hydrogen-bond donors (Lipinski definition) is 0. The summed E-state index contributed by atoms with van der Waals surface area (Å²) in [7, 11) is 4.20. The van der Waals surface area contributed by atoms with Gasteiger partial charge in [0.15, 0.2) is 6.20 Å². The van der Waals surface area contributed by atoms with Gasteiger partial charge in [-0.1, -0.05) is 42.5 Å². The van der Waals surface area contributed by atoms with Gasteiger partial charge in [0.2, 0.25) is 5.69 Å². The van der Waals surface area contributed by atoms with Crippen molar-refractivity contribution in [2.45, 2.75) is 6.92 Å². The van der Waals surface area contributed by atoms with Crippen molar-refractivity contribution in [3.8, 4) is 22.6 Å². The van der Waals surface area contributed by atoms with E-state index in [1.54, 1.807) is 0 Å². The molecule has 0 aliphatic rings. The van der Waals surface area contributed by atoms with Gasteiger partial charge in [0.25, 0.3) is 0 Å². The molecule has 3 aromatic carbocycles. The zero-order valence-electron chi connectivity index (χ0n) is 16.3. The Morgan fingerprint density at radius 1 is 0.821 bits per heavy atom. The van der Waals surface area contributed by atoms with Crippen molar-refractivity contribution in [3.05, 3.63) is 84.6 Å². The first-order chi connectivity index (χ1) is 13.6. The van der Waals surface area contributed by atoms with Crippen LogP contribution in [0.15, 0.2) is 79.0 Å². The summed E-state index contributed by atoms with van der Waals surface area (Å²) in [6.07, 6.45) is 2.09. The first kappa shape index (κ1) is 16.7. The average Bonchev–Trinajstić information content (AvgIpc) is 3.06. The van der Waals surface area contributed by atoms with Crippen LogP contribution in [0.2, 0.25) is 0 Å². The maximum Gasteiger partial charge on any atom is 0.212 e. The number of aromatic nitrogens is 3. The van der Waals surface area contributed by atoms with Crippen molar-refractivity contribution in [3.63, 3.8) is 0 Å². The summed E-state index contributed by atoms with van der Waals surface area (Å²) in [4.78, 5) is 5.01. The standard InChI is InChI=1S/C25H22N3/c1-17-19(23-13-6-7-16-27(23)2)11-8-12-20(17)25-26-22-15-14-18-9-4-5-10-21(18)24(22)28(25)3/h4-16H,1-3H3/q+1. The molecular formula is C25H22N3+. The fraction of sp³-hybridized carbons (Fsp3) is 0.120. The summed E-state index contributed by atoms with van der Waals surface area (Å²) in [6.45, 7) is 2.19. The smallest absolute Gasteiger partial charge is 0.212 e. The van der Waals surface area contributed by atoms with E-state index in [0.717, 1.165) is 11.3 Å². The summed E-state index contributed by atoms with van der Waals surface area (Å²) in [5, 5.41) is 2.48. The van der Waals surface area contributed by atoms with E-state index in [0.29, 0.717) is 0 Å².